The monoisotopic (exact) mass is 283 g/mol. The van der Waals surface area contributed by atoms with Gasteiger partial charge in [0.25, 0.3) is 0 Å². The maximum Gasteiger partial charge on any atom is 0.238 e. The summed E-state index contributed by atoms with van der Waals surface area (Å²) in [5, 5.41) is 5.18. The predicted octanol–water partition coefficient (Wildman–Crippen LogP) is 1.69. The van der Waals surface area contributed by atoms with Crippen molar-refractivity contribution >= 4 is 21.4 Å². The zero-order valence-electron chi connectivity index (χ0n) is 11.2. The molecule has 0 spiro atoms. The smallest absolute Gasteiger partial charge is 0.238 e. The van der Waals surface area contributed by atoms with E-state index in [1.54, 1.807) is 12.1 Å². The third kappa shape index (κ3) is 3.39. The van der Waals surface area contributed by atoms with Gasteiger partial charge in [-0.3, -0.25) is 0 Å². The first-order valence-corrected chi connectivity index (χ1v) is 8.17. The number of hydrogen-bond acceptors (Lipinski definition) is 4. The maximum absolute atomic E-state index is 11.4. The molecule has 0 aliphatic heterocycles. The quantitative estimate of drug-likeness (QED) is 0.777. The topological polar surface area (TPSA) is 89.4 Å². The summed E-state index contributed by atoms with van der Waals surface area (Å²) < 4.78 is 22.9. The van der Waals surface area contributed by atoms with E-state index in [0.717, 1.165) is 37.9 Å². The molecule has 1 aromatic rings. The molecule has 2 rings (SSSR count). The van der Waals surface area contributed by atoms with Crippen molar-refractivity contribution in [3.63, 3.8) is 0 Å². The molecule has 1 aliphatic rings. The Morgan fingerprint density at radius 3 is 2.58 bits per heavy atom. The second kappa shape index (κ2) is 5.38. The van der Waals surface area contributed by atoms with E-state index in [4.69, 9.17) is 10.9 Å². The van der Waals surface area contributed by atoms with Crippen molar-refractivity contribution < 1.29 is 8.42 Å². The molecular formula is C13H21N3O2S. The van der Waals surface area contributed by atoms with E-state index < -0.39 is 10.0 Å². The SMILES string of the molecule is CCCCN(c1cc(S(N)(=O)=O)ccc1N)C1CC1. The van der Waals surface area contributed by atoms with Gasteiger partial charge in [-0.1, -0.05) is 13.3 Å². The molecule has 1 aromatic carbocycles. The fraction of sp³-hybridized carbons (Fsp3) is 0.538. The third-order valence-electron chi connectivity index (χ3n) is 3.38. The van der Waals surface area contributed by atoms with Gasteiger partial charge in [0.15, 0.2) is 0 Å². The molecule has 19 heavy (non-hydrogen) atoms. The summed E-state index contributed by atoms with van der Waals surface area (Å²) in [6.45, 7) is 3.04. The lowest BCUT2D eigenvalue weighted by Crippen LogP contribution is -2.28. The van der Waals surface area contributed by atoms with Gasteiger partial charge < -0.3 is 10.6 Å². The van der Waals surface area contributed by atoms with E-state index in [1.807, 2.05) is 0 Å². The van der Waals surface area contributed by atoms with Gasteiger partial charge >= 0.3 is 0 Å². The van der Waals surface area contributed by atoms with Crippen LogP contribution in [0.15, 0.2) is 23.1 Å². The molecule has 0 radical (unpaired) electrons. The van der Waals surface area contributed by atoms with Gasteiger partial charge in [0.1, 0.15) is 0 Å². The second-order valence-corrected chi connectivity index (χ2v) is 6.61. The molecule has 0 heterocycles. The van der Waals surface area contributed by atoms with Crippen LogP contribution in [0.2, 0.25) is 0 Å². The van der Waals surface area contributed by atoms with Gasteiger partial charge in [0.2, 0.25) is 10.0 Å². The number of benzene rings is 1. The van der Waals surface area contributed by atoms with E-state index >= 15 is 0 Å². The number of rotatable bonds is 6. The summed E-state index contributed by atoms with van der Waals surface area (Å²) in [6.07, 6.45) is 4.44. The fourth-order valence-corrected chi connectivity index (χ4v) is 2.70. The first-order chi connectivity index (χ1) is 8.93. The minimum atomic E-state index is -3.68. The summed E-state index contributed by atoms with van der Waals surface area (Å²) >= 11 is 0. The van der Waals surface area contributed by atoms with Gasteiger partial charge in [-0.05, 0) is 37.5 Å². The largest absolute Gasteiger partial charge is 0.397 e. The Morgan fingerprint density at radius 1 is 1.37 bits per heavy atom. The van der Waals surface area contributed by atoms with Crippen LogP contribution in [-0.2, 0) is 10.0 Å². The molecule has 0 saturated heterocycles. The van der Waals surface area contributed by atoms with Gasteiger partial charge in [0, 0.05) is 12.6 Å². The number of sulfonamides is 1. The van der Waals surface area contributed by atoms with Crippen molar-refractivity contribution in [2.45, 2.75) is 43.5 Å². The van der Waals surface area contributed by atoms with Crippen LogP contribution < -0.4 is 15.8 Å². The molecule has 4 N–H and O–H groups in total. The molecule has 0 bridgehead atoms. The molecule has 0 amide bonds. The van der Waals surface area contributed by atoms with E-state index in [9.17, 15) is 8.42 Å². The minimum absolute atomic E-state index is 0.124. The Kier molecular flexibility index (Phi) is 4.01. The highest BCUT2D eigenvalue weighted by Crippen LogP contribution is 2.36. The third-order valence-corrected chi connectivity index (χ3v) is 4.29. The lowest BCUT2D eigenvalue weighted by atomic mass is 10.2. The Balaban J connectivity index is 2.35. The average Bonchev–Trinajstić information content (AvgIpc) is 3.14. The van der Waals surface area contributed by atoms with Crippen molar-refractivity contribution in [2.75, 3.05) is 17.2 Å². The van der Waals surface area contributed by atoms with Gasteiger partial charge in [0.05, 0.1) is 16.3 Å². The number of nitrogens with two attached hydrogens (primary N) is 2. The standard InChI is InChI=1S/C13H21N3O2S/c1-2-3-8-16(10-4-5-10)13-9-11(19(15,17)18)6-7-12(13)14/h6-7,9-10H,2-5,8,14H2,1H3,(H2,15,17,18). The van der Waals surface area contributed by atoms with Crippen LogP contribution in [-0.4, -0.2) is 21.0 Å². The number of hydrogen-bond donors (Lipinski definition) is 2. The van der Waals surface area contributed by atoms with Gasteiger partial charge in [-0.15, -0.1) is 0 Å². The molecule has 1 fully saturated rings. The van der Waals surface area contributed by atoms with Crippen molar-refractivity contribution in [2.24, 2.45) is 5.14 Å². The maximum atomic E-state index is 11.4. The number of nitrogens with zero attached hydrogens (tertiary/aromatic N) is 1. The van der Waals surface area contributed by atoms with E-state index in [1.165, 1.54) is 6.07 Å². The average molecular weight is 283 g/mol. The van der Waals surface area contributed by atoms with E-state index in [2.05, 4.69) is 11.8 Å². The highest BCUT2D eigenvalue weighted by atomic mass is 32.2. The van der Waals surface area contributed by atoms with Crippen LogP contribution in [0.4, 0.5) is 11.4 Å². The van der Waals surface area contributed by atoms with E-state index in [0.29, 0.717) is 11.7 Å². The molecule has 5 nitrogen and oxygen atoms in total. The second-order valence-electron chi connectivity index (χ2n) is 5.04. The van der Waals surface area contributed by atoms with E-state index in [-0.39, 0.29) is 4.90 Å². The Bertz CT molecular complexity index is 553. The minimum Gasteiger partial charge on any atom is -0.397 e. The van der Waals surface area contributed by atoms with Crippen molar-refractivity contribution in [3.8, 4) is 0 Å². The summed E-state index contributed by atoms with van der Waals surface area (Å²) in [5.41, 5.74) is 7.39. The summed E-state index contributed by atoms with van der Waals surface area (Å²) in [6, 6.07) is 5.17. The molecule has 1 aliphatic carbocycles. The number of anilines is 2. The van der Waals surface area contributed by atoms with Crippen LogP contribution in [0.3, 0.4) is 0 Å². The number of primary sulfonamides is 1. The zero-order chi connectivity index (χ0) is 14.0. The van der Waals surface area contributed by atoms with Crippen LogP contribution in [0, 0.1) is 0 Å². The molecule has 6 heteroatoms. The lowest BCUT2D eigenvalue weighted by Gasteiger charge is -2.26. The Hall–Kier alpha value is -1.27. The Labute approximate surface area is 114 Å². The molecule has 106 valence electrons. The van der Waals surface area contributed by atoms with Gasteiger partial charge in [-0.2, -0.15) is 0 Å². The molecule has 0 atom stereocenters. The van der Waals surface area contributed by atoms with Gasteiger partial charge in [-0.25, -0.2) is 13.6 Å². The fourth-order valence-electron chi connectivity index (χ4n) is 2.16. The molecule has 1 saturated carbocycles. The summed E-state index contributed by atoms with van der Waals surface area (Å²) in [5.74, 6) is 0. The van der Waals surface area contributed by atoms with Crippen LogP contribution in [0.5, 0.6) is 0 Å². The Morgan fingerprint density at radius 2 is 2.05 bits per heavy atom. The highest BCUT2D eigenvalue weighted by molar-refractivity contribution is 7.89. The zero-order valence-corrected chi connectivity index (χ0v) is 12.0. The normalized spacial score (nSPS) is 15.5. The first kappa shape index (κ1) is 14.1. The summed E-state index contributed by atoms with van der Waals surface area (Å²) in [7, 11) is -3.68. The molecular weight excluding hydrogens is 262 g/mol. The van der Waals surface area contributed by atoms with Crippen LogP contribution >= 0.6 is 0 Å². The highest BCUT2D eigenvalue weighted by Gasteiger charge is 2.30. The van der Waals surface area contributed by atoms with Crippen LogP contribution in [0.25, 0.3) is 0 Å². The van der Waals surface area contributed by atoms with Crippen molar-refractivity contribution in [3.05, 3.63) is 18.2 Å². The van der Waals surface area contributed by atoms with Crippen molar-refractivity contribution in [1.29, 1.82) is 0 Å². The van der Waals surface area contributed by atoms with Crippen LogP contribution in [0.1, 0.15) is 32.6 Å². The first-order valence-electron chi connectivity index (χ1n) is 6.62. The number of nitrogen functional groups attached to an aromatic ring is 1. The number of unbranched alkanes of at least 4 members (excludes halogenated alkanes) is 1. The summed E-state index contributed by atoms with van der Waals surface area (Å²) in [4.78, 5) is 2.34. The predicted molar refractivity (Wildman–Crippen MR) is 77.5 cm³/mol. The van der Waals surface area contributed by atoms with Crippen molar-refractivity contribution in [1.82, 2.24) is 0 Å². The molecule has 0 aromatic heterocycles. The molecule has 0 unspecified atom stereocenters. The lowest BCUT2D eigenvalue weighted by molar-refractivity contribution is 0.597.